The molecule has 2 heteroatoms. The van der Waals surface area contributed by atoms with E-state index in [9.17, 15) is 4.39 Å². The molecule has 1 aliphatic carbocycles. The number of hydrogen-bond donors (Lipinski definition) is 1. The second-order valence-electron chi connectivity index (χ2n) is 6.64. The highest BCUT2D eigenvalue weighted by Gasteiger charge is 2.28. The number of hydrogen-bond acceptors (Lipinski definition) is 1. The van der Waals surface area contributed by atoms with Crippen molar-refractivity contribution < 1.29 is 4.39 Å². The Labute approximate surface area is 129 Å². The van der Waals surface area contributed by atoms with Gasteiger partial charge < -0.3 is 5.32 Å². The van der Waals surface area contributed by atoms with E-state index < -0.39 is 0 Å². The molecule has 3 unspecified atom stereocenters. The lowest BCUT2D eigenvalue weighted by molar-refractivity contribution is 0.209. The highest BCUT2D eigenvalue weighted by Crippen LogP contribution is 2.38. The molecule has 1 fully saturated rings. The van der Waals surface area contributed by atoms with E-state index in [0.29, 0.717) is 12.0 Å². The van der Waals surface area contributed by atoms with Crippen LogP contribution in [0.1, 0.15) is 69.5 Å². The number of halogens is 1. The number of benzene rings is 1. The molecular formula is C19H30FN. The quantitative estimate of drug-likeness (QED) is 0.741. The average molecular weight is 291 g/mol. The van der Waals surface area contributed by atoms with Crippen LogP contribution in [0.5, 0.6) is 0 Å². The highest BCUT2D eigenvalue weighted by molar-refractivity contribution is 5.26. The van der Waals surface area contributed by atoms with Gasteiger partial charge in [-0.1, -0.05) is 45.2 Å². The molecule has 1 aromatic carbocycles. The number of rotatable bonds is 6. The molecule has 0 spiro atoms. The SMILES string of the molecule is CCCNC(c1ccc(C)c(F)c1)C1CCCC(CC)C1. The van der Waals surface area contributed by atoms with E-state index >= 15 is 0 Å². The van der Waals surface area contributed by atoms with Crippen LogP contribution in [0.4, 0.5) is 4.39 Å². The van der Waals surface area contributed by atoms with E-state index in [1.54, 1.807) is 6.07 Å². The summed E-state index contributed by atoms with van der Waals surface area (Å²) in [6, 6.07) is 6.10. The number of nitrogens with one attached hydrogen (secondary N) is 1. The summed E-state index contributed by atoms with van der Waals surface area (Å²) in [6.07, 6.45) is 7.65. The first-order valence-electron chi connectivity index (χ1n) is 8.65. The largest absolute Gasteiger partial charge is 0.310 e. The van der Waals surface area contributed by atoms with Crippen LogP contribution in [0.25, 0.3) is 0 Å². The van der Waals surface area contributed by atoms with Crippen LogP contribution in [-0.4, -0.2) is 6.54 Å². The second kappa shape index (κ2) is 7.93. The molecule has 1 aliphatic rings. The van der Waals surface area contributed by atoms with Crippen molar-refractivity contribution in [1.82, 2.24) is 5.32 Å². The molecule has 1 N–H and O–H groups in total. The predicted molar refractivity (Wildman–Crippen MR) is 87.9 cm³/mol. The van der Waals surface area contributed by atoms with E-state index in [1.807, 2.05) is 13.0 Å². The van der Waals surface area contributed by atoms with Crippen LogP contribution in [0.2, 0.25) is 0 Å². The van der Waals surface area contributed by atoms with Gasteiger partial charge >= 0.3 is 0 Å². The first kappa shape index (κ1) is 16.5. The summed E-state index contributed by atoms with van der Waals surface area (Å²) < 4.78 is 13.9. The third-order valence-electron chi connectivity index (χ3n) is 5.04. The Morgan fingerprint density at radius 2 is 2.10 bits per heavy atom. The van der Waals surface area contributed by atoms with Gasteiger partial charge in [-0.25, -0.2) is 4.39 Å². The monoisotopic (exact) mass is 291 g/mol. The molecule has 0 amide bonds. The van der Waals surface area contributed by atoms with Crippen molar-refractivity contribution in [3.63, 3.8) is 0 Å². The Morgan fingerprint density at radius 1 is 1.29 bits per heavy atom. The Kier molecular flexibility index (Phi) is 6.22. The minimum Gasteiger partial charge on any atom is -0.310 e. The maximum absolute atomic E-state index is 13.9. The molecule has 0 aliphatic heterocycles. The Balaban J connectivity index is 2.18. The van der Waals surface area contributed by atoms with Gasteiger partial charge in [0.2, 0.25) is 0 Å². The van der Waals surface area contributed by atoms with Crippen molar-refractivity contribution >= 4 is 0 Å². The molecule has 2 rings (SSSR count). The van der Waals surface area contributed by atoms with Gasteiger partial charge in [0.25, 0.3) is 0 Å². The van der Waals surface area contributed by atoms with Crippen molar-refractivity contribution in [2.24, 2.45) is 11.8 Å². The first-order valence-corrected chi connectivity index (χ1v) is 8.65. The molecule has 1 saturated carbocycles. The standard InChI is InChI=1S/C19H30FN/c1-4-11-21-19(16-8-6-7-15(5-2)12-16)17-10-9-14(3)18(20)13-17/h9-10,13,15-16,19,21H,4-8,11-12H2,1-3H3. The average Bonchev–Trinajstić information content (AvgIpc) is 2.51. The molecule has 1 aromatic rings. The second-order valence-corrected chi connectivity index (χ2v) is 6.64. The molecule has 0 bridgehead atoms. The fraction of sp³-hybridized carbons (Fsp3) is 0.684. The predicted octanol–water partition coefficient (Wildman–Crippen LogP) is 5.39. The van der Waals surface area contributed by atoms with E-state index in [-0.39, 0.29) is 5.82 Å². The van der Waals surface area contributed by atoms with Crippen molar-refractivity contribution in [3.8, 4) is 0 Å². The van der Waals surface area contributed by atoms with Gasteiger partial charge in [-0.05, 0) is 61.8 Å². The fourth-order valence-corrected chi connectivity index (χ4v) is 3.67. The van der Waals surface area contributed by atoms with E-state index in [0.717, 1.165) is 30.0 Å². The Hall–Kier alpha value is -0.890. The smallest absolute Gasteiger partial charge is 0.126 e. The zero-order valence-electron chi connectivity index (χ0n) is 13.8. The first-order chi connectivity index (χ1) is 10.2. The van der Waals surface area contributed by atoms with Crippen LogP contribution in [0, 0.1) is 24.6 Å². The van der Waals surface area contributed by atoms with Gasteiger partial charge in [-0.2, -0.15) is 0 Å². The summed E-state index contributed by atoms with van der Waals surface area (Å²) in [7, 11) is 0. The maximum Gasteiger partial charge on any atom is 0.126 e. The molecule has 0 aromatic heterocycles. The van der Waals surface area contributed by atoms with Crippen LogP contribution in [-0.2, 0) is 0 Å². The summed E-state index contributed by atoms with van der Waals surface area (Å²) >= 11 is 0. The van der Waals surface area contributed by atoms with Gasteiger partial charge in [0.05, 0.1) is 0 Å². The van der Waals surface area contributed by atoms with Gasteiger partial charge in [0, 0.05) is 6.04 Å². The lowest BCUT2D eigenvalue weighted by Gasteiger charge is -2.35. The van der Waals surface area contributed by atoms with Crippen molar-refractivity contribution in [1.29, 1.82) is 0 Å². The van der Waals surface area contributed by atoms with Crippen molar-refractivity contribution in [2.45, 2.75) is 65.3 Å². The molecule has 0 saturated heterocycles. The van der Waals surface area contributed by atoms with Gasteiger partial charge in [-0.15, -0.1) is 0 Å². The molecule has 118 valence electrons. The molecular weight excluding hydrogens is 261 g/mol. The summed E-state index contributed by atoms with van der Waals surface area (Å²) in [5.41, 5.74) is 1.87. The summed E-state index contributed by atoms with van der Waals surface area (Å²) in [5, 5.41) is 3.68. The van der Waals surface area contributed by atoms with Crippen molar-refractivity contribution in [3.05, 3.63) is 35.1 Å². The lowest BCUT2D eigenvalue weighted by Crippen LogP contribution is -2.32. The third-order valence-corrected chi connectivity index (χ3v) is 5.04. The van der Waals surface area contributed by atoms with E-state index in [1.165, 1.54) is 32.1 Å². The van der Waals surface area contributed by atoms with Gasteiger partial charge in [0.1, 0.15) is 5.82 Å². The fourth-order valence-electron chi connectivity index (χ4n) is 3.67. The van der Waals surface area contributed by atoms with Crippen LogP contribution in [0.3, 0.4) is 0 Å². The zero-order chi connectivity index (χ0) is 15.2. The van der Waals surface area contributed by atoms with Crippen molar-refractivity contribution in [2.75, 3.05) is 6.54 Å². The molecule has 1 nitrogen and oxygen atoms in total. The molecule has 0 heterocycles. The van der Waals surface area contributed by atoms with Crippen LogP contribution in [0.15, 0.2) is 18.2 Å². The number of aryl methyl sites for hydroxylation is 1. The minimum atomic E-state index is -0.0707. The van der Waals surface area contributed by atoms with Crippen LogP contribution < -0.4 is 5.32 Å². The lowest BCUT2D eigenvalue weighted by atomic mass is 9.75. The summed E-state index contributed by atoms with van der Waals surface area (Å²) in [6.45, 7) is 7.33. The molecule has 0 radical (unpaired) electrons. The zero-order valence-corrected chi connectivity index (χ0v) is 13.8. The van der Waals surface area contributed by atoms with E-state index in [2.05, 4.69) is 25.2 Å². The topological polar surface area (TPSA) is 12.0 Å². The summed E-state index contributed by atoms with van der Waals surface area (Å²) in [4.78, 5) is 0. The normalized spacial score (nSPS) is 24.0. The van der Waals surface area contributed by atoms with Gasteiger partial charge in [0.15, 0.2) is 0 Å². The molecule has 3 atom stereocenters. The minimum absolute atomic E-state index is 0.0707. The van der Waals surface area contributed by atoms with Gasteiger partial charge in [-0.3, -0.25) is 0 Å². The summed E-state index contributed by atoms with van der Waals surface area (Å²) in [5.74, 6) is 1.43. The Morgan fingerprint density at radius 3 is 2.76 bits per heavy atom. The van der Waals surface area contributed by atoms with Crippen LogP contribution >= 0.6 is 0 Å². The Bertz CT molecular complexity index is 443. The highest BCUT2D eigenvalue weighted by atomic mass is 19.1. The maximum atomic E-state index is 13.9. The third kappa shape index (κ3) is 4.29. The van der Waals surface area contributed by atoms with E-state index in [4.69, 9.17) is 0 Å². The molecule has 21 heavy (non-hydrogen) atoms.